The Bertz CT molecular complexity index is 356. The SMILES string of the molecule is CCCCCCCCC(CCC)OC(=O)CCCCCCCCCCCCCCCO. The van der Waals surface area contributed by atoms with Crippen molar-refractivity contribution in [2.75, 3.05) is 6.61 Å². The Balaban J connectivity index is 3.49. The average molecular weight is 441 g/mol. The number of aliphatic hydroxyl groups excluding tert-OH is 1. The summed E-state index contributed by atoms with van der Waals surface area (Å²) < 4.78 is 5.78. The average Bonchev–Trinajstić information content (AvgIpc) is 2.76. The molecule has 1 unspecified atom stereocenters. The highest BCUT2D eigenvalue weighted by molar-refractivity contribution is 5.69. The molecule has 3 nitrogen and oxygen atoms in total. The molecule has 0 fully saturated rings. The first-order chi connectivity index (χ1) is 15.2. The summed E-state index contributed by atoms with van der Waals surface area (Å²) in [5, 5.41) is 8.76. The molecule has 186 valence electrons. The molecule has 0 amide bonds. The summed E-state index contributed by atoms with van der Waals surface area (Å²) >= 11 is 0. The normalized spacial score (nSPS) is 12.2. The Kier molecular flexibility index (Phi) is 25.2. The Labute approximate surface area is 195 Å². The van der Waals surface area contributed by atoms with Crippen LogP contribution in [0.4, 0.5) is 0 Å². The zero-order valence-corrected chi connectivity index (χ0v) is 21.3. The van der Waals surface area contributed by atoms with Crippen molar-refractivity contribution in [3.63, 3.8) is 0 Å². The number of unbranched alkanes of at least 4 members (excludes halogenated alkanes) is 17. The van der Waals surface area contributed by atoms with Crippen LogP contribution >= 0.6 is 0 Å². The van der Waals surface area contributed by atoms with Crippen molar-refractivity contribution in [2.24, 2.45) is 0 Å². The number of aliphatic hydroxyl groups is 1. The summed E-state index contributed by atoms with van der Waals surface area (Å²) in [6, 6.07) is 0. The number of hydrogen-bond donors (Lipinski definition) is 1. The minimum Gasteiger partial charge on any atom is -0.462 e. The largest absolute Gasteiger partial charge is 0.462 e. The van der Waals surface area contributed by atoms with Crippen LogP contribution in [-0.4, -0.2) is 23.8 Å². The van der Waals surface area contributed by atoms with E-state index in [0.29, 0.717) is 13.0 Å². The molecule has 0 heterocycles. The van der Waals surface area contributed by atoms with Crippen molar-refractivity contribution in [1.82, 2.24) is 0 Å². The molecule has 0 rings (SSSR count). The van der Waals surface area contributed by atoms with Gasteiger partial charge < -0.3 is 9.84 Å². The van der Waals surface area contributed by atoms with Gasteiger partial charge in [-0.1, -0.05) is 123 Å². The van der Waals surface area contributed by atoms with Gasteiger partial charge in [0.2, 0.25) is 0 Å². The summed E-state index contributed by atoms with van der Waals surface area (Å²) in [6.07, 6.45) is 28.0. The van der Waals surface area contributed by atoms with Crippen molar-refractivity contribution in [2.45, 2.75) is 168 Å². The fourth-order valence-electron chi connectivity index (χ4n) is 4.31. The van der Waals surface area contributed by atoms with Crippen molar-refractivity contribution in [3.05, 3.63) is 0 Å². The molecule has 3 heteroatoms. The smallest absolute Gasteiger partial charge is 0.306 e. The predicted octanol–water partition coefficient (Wildman–Crippen LogP) is 8.90. The van der Waals surface area contributed by atoms with Crippen molar-refractivity contribution in [3.8, 4) is 0 Å². The summed E-state index contributed by atoms with van der Waals surface area (Å²) in [4.78, 5) is 12.2. The molecule has 1 atom stereocenters. The van der Waals surface area contributed by atoms with E-state index < -0.39 is 0 Å². The van der Waals surface area contributed by atoms with E-state index >= 15 is 0 Å². The maximum atomic E-state index is 12.2. The zero-order chi connectivity index (χ0) is 22.8. The second-order valence-corrected chi connectivity index (χ2v) is 9.53. The van der Waals surface area contributed by atoms with Crippen LogP contribution in [0.2, 0.25) is 0 Å². The van der Waals surface area contributed by atoms with E-state index in [1.807, 2.05) is 0 Å². The molecule has 0 aliphatic heterocycles. The minimum atomic E-state index is 0.0309. The number of rotatable bonds is 25. The summed E-state index contributed by atoms with van der Waals surface area (Å²) in [7, 11) is 0. The van der Waals surface area contributed by atoms with E-state index in [0.717, 1.165) is 38.5 Å². The fourth-order valence-corrected chi connectivity index (χ4v) is 4.31. The van der Waals surface area contributed by atoms with E-state index in [1.165, 1.54) is 103 Å². The van der Waals surface area contributed by atoms with Crippen LogP contribution in [0.1, 0.15) is 162 Å². The molecular formula is C28H56O3. The van der Waals surface area contributed by atoms with E-state index in [1.54, 1.807) is 0 Å². The molecule has 0 spiro atoms. The summed E-state index contributed by atoms with van der Waals surface area (Å²) in [5.41, 5.74) is 0. The molecule has 0 aliphatic rings. The van der Waals surface area contributed by atoms with Crippen molar-refractivity contribution in [1.29, 1.82) is 0 Å². The number of carbonyl (C=O) groups is 1. The third-order valence-electron chi connectivity index (χ3n) is 6.33. The molecule has 31 heavy (non-hydrogen) atoms. The maximum Gasteiger partial charge on any atom is 0.306 e. The molecule has 0 aromatic rings. The third kappa shape index (κ3) is 23.9. The topological polar surface area (TPSA) is 46.5 Å². The van der Waals surface area contributed by atoms with E-state index in [2.05, 4.69) is 13.8 Å². The van der Waals surface area contributed by atoms with Crippen LogP contribution in [-0.2, 0) is 9.53 Å². The standard InChI is InChI=1S/C28H56O3/c1-3-5-6-7-17-20-24-27(23-4-2)31-28(30)25-21-18-15-13-11-9-8-10-12-14-16-19-22-26-29/h27,29H,3-26H2,1-2H3. The minimum absolute atomic E-state index is 0.0309. The van der Waals surface area contributed by atoms with Gasteiger partial charge in [-0.05, 0) is 32.1 Å². The number of esters is 1. The maximum absolute atomic E-state index is 12.2. The van der Waals surface area contributed by atoms with Gasteiger partial charge in [0.05, 0.1) is 0 Å². The van der Waals surface area contributed by atoms with Crippen LogP contribution < -0.4 is 0 Å². The van der Waals surface area contributed by atoms with Crippen molar-refractivity contribution >= 4 is 5.97 Å². The highest BCUT2D eigenvalue weighted by Crippen LogP contribution is 2.16. The van der Waals surface area contributed by atoms with Crippen LogP contribution in [0.3, 0.4) is 0 Å². The first kappa shape index (κ1) is 30.4. The lowest BCUT2D eigenvalue weighted by atomic mass is 10.0. The molecule has 0 radical (unpaired) electrons. The van der Waals surface area contributed by atoms with Crippen LogP contribution in [0.15, 0.2) is 0 Å². The van der Waals surface area contributed by atoms with E-state index in [-0.39, 0.29) is 12.1 Å². The third-order valence-corrected chi connectivity index (χ3v) is 6.33. The van der Waals surface area contributed by atoms with Gasteiger partial charge in [0.1, 0.15) is 6.10 Å². The molecule has 0 saturated carbocycles. The second-order valence-electron chi connectivity index (χ2n) is 9.53. The molecular weight excluding hydrogens is 384 g/mol. The van der Waals surface area contributed by atoms with Crippen LogP contribution in [0, 0.1) is 0 Å². The lowest BCUT2D eigenvalue weighted by Gasteiger charge is -2.17. The van der Waals surface area contributed by atoms with Gasteiger partial charge >= 0.3 is 5.97 Å². The highest BCUT2D eigenvalue weighted by Gasteiger charge is 2.13. The highest BCUT2D eigenvalue weighted by atomic mass is 16.5. The van der Waals surface area contributed by atoms with Crippen molar-refractivity contribution < 1.29 is 14.6 Å². The Morgan fingerprint density at radius 3 is 1.52 bits per heavy atom. The Morgan fingerprint density at radius 1 is 0.581 bits per heavy atom. The molecule has 0 saturated heterocycles. The molecule has 0 aromatic heterocycles. The fraction of sp³-hybridized carbons (Fsp3) is 0.964. The summed E-state index contributed by atoms with van der Waals surface area (Å²) in [5.74, 6) is 0.0309. The van der Waals surface area contributed by atoms with E-state index in [4.69, 9.17) is 9.84 Å². The van der Waals surface area contributed by atoms with Gasteiger partial charge in [-0.2, -0.15) is 0 Å². The van der Waals surface area contributed by atoms with Gasteiger partial charge in [0, 0.05) is 13.0 Å². The number of ether oxygens (including phenoxy) is 1. The number of carbonyl (C=O) groups excluding carboxylic acids is 1. The Hall–Kier alpha value is -0.570. The zero-order valence-electron chi connectivity index (χ0n) is 21.3. The molecule has 0 aliphatic carbocycles. The lowest BCUT2D eigenvalue weighted by molar-refractivity contribution is -0.150. The molecule has 0 aromatic carbocycles. The second kappa shape index (κ2) is 25.7. The van der Waals surface area contributed by atoms with Gasteiger partial charge in [-0.25, -0.2) is 0 Å². The van der Waals surface area contributed by atoms with Crippen LogP contribution in [0.5, 0.6) is 0 Å². The lowest BCUT2D eigenvalue weighted by Crippen LogP contribution is -2.18. The molecule has 0 bridgehead atoms. The quantitative estimate of drug-likeness (QED) is 0.114. The van der Waals surface area contributed by atoms with Crippen LogP contribution in [0.25, 0.3) is 0 Å². The van der Waals surface area contributed by atoms with Gasteiger partial charge in [-0.3, -0.25) is 4.79 Å². The van der Waals surface area contributed by atoms with Gasteiger partial charge in [-0.15, -0.1) is 0 Å². The molecule has 1 N–H and O–H groups in total. The van der Waals surface area contributed by atoms with E-state index in [9.17, 15) is 4.79 Å². The first-order valence-electron chi connectivity index (χ1n) is 14.0. The van der Waals surface area contributed by atoms with Gasteiger partial charge in [0.15, 0.2) is 0 Å². The number of hydrogen-bond acceptors (Lipinski definition) is 3. The Morgan fingerprint density at radius 2 is 1.03 bits per heavy atom. The first-order valence-corrected chi connectivity index (χ1v) is 14.0. The van der Waals surface area contributed by atoms with Gasteiger partial charge in [0.25, 0.3) is 0 Å². The predicted molar refractivity (Wildman–Crippen MR) is 135 cm³/mol. The monoisotopic (exact) mass is 440 g/mol. The summed E-state index contributed by atoms with van der Waals surface area (Å²) in [6.45, 7) is 4.78.